The number of hydrogen-bond donors (Lipinski definition) is 1. The molecular weight excluding hydrogens is 278 g/mol. The Kier molecular flexibility index (Phi) is 5.25. The lowest BCUT2D eigenvalue weighted by Gasteiger charge is -2.25. The SMILES string of the molecule is CCOCCCN1C(=O)C(C)NC1c1ccc(F)cc1F. The number of nitrogens with zero attached hydrogens (tertiary/aromatic N) is 1. The minimum absolute atomic E-state index is 0.0831. The minimum Gasteiger partial charge on any atom is -0.382 e. The molecule has 1 saturated heterocycles. The third-order valence-corrected chi connectivity index (χ3v) is 3.52. The van der Waals surface area contributed by atoms with E-state index < -0.39 is 17.8 Å². The van der Waals surface area contributed by atoms with E-state index in [9.17, 15) is 13.6 Å². The van der Waals surface area contributed by atoms with Crippen molar-refractivity contribution in [2.24, 2.45) is 0 Å². The van der Waals surface area contributed by atoms with Gasteiger partial charge in [0.1, 0.15) is 17.8 Å². The van der Waals surface area contributed by atoms with Crippen LogP contribution in [0.25, 0.3) is 0 Å². The number of benzene rings is 1. The van der Waals surface area contributed by atoms with Crippen LogP contribution in [0.4, 0.5) is 8.78 Å². The summed E-state index contributed by atoms with van der Waals surface area (Å²) in [5.41, 5.74) is 0.283. The zero-order valence-corrected chi connectivity index (χ0v) is 12.2. The van der Waals surface area contributed by atoms with Crippen molar-refractivity contribution in [1.82, 2.24) is 10.2 Å². The molecule has 0 bridgehead atoms. The molecule has 21 heavy (non-hydrogen) atoms. The monoisotopic (exact) mass is 298 g/mol. The zero-order valence-electron chi connectivity index (χ0n) is 12.2. The molecule has 1 aliphatic rings. The van der Waals surface area contributed by atoms with Gasteiger partial charge in [-0.3, -0.25) is 10.1 Å². The smallest absolute Gasteiger partial charge is 0.241 e. The number of hydrogen-bond acceptors (Lipinski definition) is 3. The van der Waals surface area contributed by atoms with E-state index >= 15 is 0 Å². The summed E-state index contributed by atoms with van der Waals surface area (Å²) >= 11 is 0. The quantitative estimate of drug-likeness (QED) is 0.819. The molecule has 0 aromatic heterocycles. The fourth-order valence-electron chi connectivity index (χ4n) is 2.48. The topological polar surface area (TPSA) is 41.6 Å². The highest BCUT2D eigenvalue weighted by Gasteiger charge is 2.37. The molecular formula is C15H20F2N2O2. The molecule has 116 valence electrons. The van der Waals surface area contributed by atoms with Crippen LogP contribution < -0.4 is 5.32 Å². The van der Waals surface area contributed by atoms with Crippen LogP contribution in [0, 0.1) is 11.6 Å². The molecule has 1 aromatic carbocycles. The van der Waals surface area contributed by atoms with Crippen molar-refractivity contribution in [3.05, 3.63) is 35.4 Å². The van der Waals surface area contributed by atoms with Gasteiger partial charge in [-0.2, -0.15) is 0 Å². The zero-order chi connectivity index (χ0) is 15.4. The third-order valence-electron chi connectivity index (χ3n) is 3.52. The van der Waals surface area contributed by atoms with Crippen molar-refractivity contribution in [1.29, 1.82) is 0 Å². The molecule has 4 nitrogen and oxygen atoms in total. The molecule has 2 atom stereocenters. The Morgan fingerprint density at radius 2 is 2.14 bits per heavy atom. The van der Waals surface area contributed by atoms with Gasteiger partial charge in [-0.25, -0.2) is 8.78 Å². The van der Waals surface area contributed by atoms with Crippen molar-refractivity contribution in [3.8, 4) is 0 Å². The van der Waals surface area contributed by atoms with E-state index in [0.29, 0.717) is 26.2 Å². The van der Waals surface area contributed by atoms with E-state index in [2.05, 4.69) is 5.32 Å². The van der Waals surface area contributed by atoms with Gasteiger partial charge in [0.05, 0.1) is 6.04 Å². The lowest BCUT2D eigenvalue weighted by molar-refractivity contribution is -0.130. The van der Waals surface area contributed by atoms with Crippen molar-refractivity contribution >= 4 is 5.91 Å². The van der Waals surface area contributed by atoms with Gasteiger partial charge in [-0.15, -0.1) is 0 Å². The summed E-state index contributed by atoms with van der Waals surface area (Å²) in [6.45, 7) is 5.28. The molecule has 0 aliphatic carbocycles. The van der Waals surface area contributed by atoms with Gasteiger partial charge in [0.15, 0.2) is 0 Å². The minimum atomic E-state index is -0.649. The Balaban J connectivity index is 2.13. The summed E-state index contributed by atoms with van der Waals surface area (Å²) in [6.07, 6.45) is 0.113. The predicted molar refractivity (Wildman–Crippen MR) is 74.5 cm³/mol. The Bertz CT molecular complexity index is 510. The van der Waals surface area contributed by atoms with Gasteiger partial charge in [-0.05, 0) is 32.4 Å². The number of carbonyl (C=O) groups excluding carboxylic acids is 1. The van der Waals surface area contributed by atoms with Crippen LogP contribution in [-0.4, -0.2) is 36.6 Å². The van der Waals surface area contributed by atoms with Crippen LogP contribution in [-0.2, 0) is 9.53 Å². The fraction of sp³-hybridized carbons (Fsp3) is 0.533. The molecule has 1 heterocycles. The Labute approximate surface area is 123 Å². The highest BCUT2D eigenvalue weighted by molar-refractivity contribution is 5.84. The van der Waals surface area contributed by atoms with E-state index in [1.807, 2.05) is 6.92 Å². The second-order valence-electron chi connectivity index (χ2n) is 5.04. The fourth-order valence-corrected chi connectivity index (χ4v) is 2.48. The standard InChI is InChI=1S/C15H20F2N2O2/c1-3-21-8-4-7-19-14(18-10(2)15(19)20)12-6-5-11(16)9-13(12)17/h5-6,9-10,14,18H,3-4,7-8H2,1-2H3. The molecule has 1 amide bonds. The van der Waals surface area contributed by atoms with Crippen LogP contribution in [0.15, 0.2) is 18.2 Å². The van der Waals surface area contributed by atoms with Crippen molar-refractivity contribution in [2.75, 3.05) is 19.8 Å². The molecule has 1 aliphatic heterocycles. The average molecular weight is 298 g/mol. The van der Waals surface area contributed by atoms with Gasteiger partial charge in [0.2, 0.25) is 5.91 Å². The van der Waals surface area contributed by atoms with E-state index in [1.54, 1.807) is 11.8 Å². The molecule has 0 radical (unpaired) electrons. The van der Waals surface area contributed by atoms with Gasteiger partial charge < -0.3 is 9.64 Å². The van der Waals surface area contributed by atoms with E-state index in [1.165, 1.54) is 12.1 Å². The van der Waals surface area contributed by atoms with Crippen molar-refractivity contribution in [3.63, 3.8) is 0 Å². The van der Waals surface area contributed by atoms with E-state index in [-0.39, 0.29) is 17.5 Å². The number of amides is 1. The van der Waals surface area contributed by atoms with E-state index in [0.717, 1.165) is 6.07 Å². The Morgan fingerprint density at radius 1 is 1.38 bits per heavy atom. The van der Waals surface area contributed by atoms with Gasteiger partial charge in [0, 0.05) is 31.4 Å². The maximum Gasteiger partial charge on any atom is 0.241 e. The summed E-state index contributed by atoms with van der Waals surface area (Å²) in [7, 11) is 0. The summed E-state index contributed by atoms with van der Waals surface area (Å²) in [4.78, 5) is 13.7. The number of halogens is 2. The lowest BCUT2D eigenvalue weighted by atomic mass is 10.1. The first-order valence-corrected chi connectivity index (χ1v) is 7.13. The van der Waals surface area contributed by atoms with Gasteiger partial charge >= 0.3 is 0 Å². The molecule has 1 aromatic rings. The summed E-state index contributed by atoms with van der Waals surface area (Å²) < 4.78 is 32.2. The van der Waals surface area contributed by atoms with Crippen LogP contribution in [0.3, 0.4) is 0 Å². The van der Waals surface area contributed by atoms with E-state index in [4.69, 9.17) is 4.74 Å². The molecule has 0 spiro atoms. The second-order valence-corrected chi connectivity index (χ2v) is 5.04. The number of nitrogens with one attached hydrogen (secondary N) is 1. The normalized spacial score (nSPS) is 22.1. The van der Waals surface area contributed by atoms with Gasteiger partial charge in [0.25, 0.3) is 0 Å². The largest absolute Gasteiger partial charge is 0.382 e. The van der Waals surface area contributed by atoms with Crippen molar-refractivity contribution in [2.45, 2.75) is 32.5 Å². The van der Waals surface area contributed by atoms with Crippen LogP contribution in [0.5, 0.6) is 0 Å². The van der Waals surface area contributed by atoms with Crippen LogP contribution in [0.1, 0.15) is 32.0 Å². The highest BCUT2D eigenvalue weighted by Crippen LogP contribution is 2.27. The van der Waals surface area contributed by atoms with Crippen LogP contribution in [0.2, 0.25) is 0 Å². The molecule has 2 unspecified atom stereocenters. The maximum absolute atomic E-state index is 13.9. The summed E-state index contributed by atoms with van der Waals surface area (Å²) in [5.74, 6) is -1.36. The second kappa shape index (κ2) is 6.95. The first-order chi connectivity index (χ1) is 10.0. The molecule has 1 N–H and O–H groups in total. The summed E-state index contributed by atoms with van der Waals surface area (Å²) in [5, 5.41) is 3.04. The highest BCUT2D eigenvalue weighted by atomic mass is 19.1. The number of ether oxygens (including phenoxy) is 1. The predicted octanol–water partition coefficient (Wildman–Crippen LogP) is 2.21. The molecule has 2 rings (SSSR count). The lowest BCUT2D eigenvalue weighted by Crippen LogP contribution is -2.32. The number of carbonyl (C=O) groups is 1. The Hall–Kier alpha value is -1.53. The first-order valence-electron chi connectivity index (χ1n) is 7.13. The molecule has 1 fully saturated rings. The average Bonchev–Trinajstić information content (AvgIpc) is 2.71. The van der Waals surface area contributed by atoms with Gasteiger partial charge in [-0.1, -0.05) is 0 Å². The maximum atomic E-state index is 13.9. The first kappa shape index (κ1) is 15.9. The summed E-state index contributed by atoms with van der Waals surface area (Å²) in [6, 6.07) is 3.03. The molecule has 6 heteroatoms. The Morgan fingerprint density at radius 3 is 2.81 bits per heavy atom. The third kappa shape index (κ3) is 3.57. The molecule has 0 saturated carbocycles. The van der Waals surface area contributed by atoms with Crippen LogP contribution >= 0.6 is 0 Å². The van der Waals surface area contributed by atoms with Crippen molar-refractivity contribution < 1.29 is 18.3 Å². The number of rotatable bonds is 6.